The second-order valence-electron chi connectivity index (χ2n) is 10.8. The van der Waals surface area contributed by atoms with Crippen LogP contribution in [0.1, 0.15) is 41.6 Å². The lowest BCUT2D eigenvalue weighted by atomic mass is 10.0. The van der Waals surface area contributed by atoms with Crippen LogP contribution in [0.25, 0.3) is 16.8 Å². The van der Waals surface area contributed by atoms with Gasteiger partial charge in [-0.2, -0.15) is 22.6 Å². The Bertz CT molecular complexity index is 1630. The number of amides is 1. The number of pyridine rings is 1. The zero-order valence-corrected chi connectivity index (χ0v) is 22.6. The van der Waals surface area contributed by atoms with Gasteiger partial charge in [0.25, 0.3) is 5.91 Å². The molecule has 0 aromatic carbocycles. The van der Waals surface area contributed by atoms with Crippen molar-refractivity contribution in [2.75, 3.05) is 25.9 Å². The lowest BCUT2D eigenvalue weighted by molar-refractivity contribution is -0.136. The van der Waals surface area contributed by atoms with Crippen LogP contribution in [0.5, 0.6) is 5.88 Å². The number of hydrogen-bond donors (Lipinski definition) is 2. The van der Waals surface area contributed by atoms with Gasteiger partial charge in [-0.25, -0.2) is 27.3 Å². The molecule has 4 heterocycles. The first kappa shape index (κ1) is 27.6. The summed E-state index contributed by atoms with van der Waals surface area (Å²) in [7, 11) is -2.49. The molecule has 220 valence electrons. The molecule has 2 saturated carbocycles. The molecule has 1 saturated heterocycles. The number of anilines is 1. The molecule has 11 nitrogen and oxygen atoms in total. The van der Waals surface area contributed by atoms with E-state index < -0.39 is 56.5 Å². The highest BCUT2D eigenvalue weighted by atomic mass is 32.2. The van der Waals surface area contributed by atoms with Gasteiger partial charge in [0.05, 0.1) is 29.7 Å². The van der Waals surface area contributed by atoms with Crippen LogP contribution in [0, 0.1) is 11.8 Å². The number of ether oxygens (including phenoxy) is 1. The van der Waals surface area contributed by atoms with Crippen LogP contribution in [0.15, 0.2) is 24.7 Å². The molecule has 5 atom stereocenters. The summed E-state index contributed by atoms with van der Waals surface area (Å²) in [5.41, 5.74) is 4.00. The van der Waals surface area contributed by atoms with Crippen LogP contribution in [-0.4, -0.2) is 75.9 Å². The standard InChI is InChI=1S/C25H27F4N7O4S/c1-40-24-15(6-14(8-31-24)19-7-16(25(27,28)29)21-22(30)32-11-33-36(19)21)23(37)34-18-10-35(9-17(18)26)41(38,39)20-5-12-2-3-13(20)4-12/h6-8,11-13,17-18,20H,2-5,9-10H2,1H3,(H,34,37)(H2,30,32,33)/t12?,13?,17-,18+,20?/m0/s1. The fraction of sp³-hybridized carbons (Fsp3) is 0.520. The minimum atomic E-state index is -4.77. The van der Waals surface area contributed by atoms with Crippen LogP contribution < -0.4 is 15.8 Å². The molecular weight excluding hydrogens is 570 g/mol. The molecule has 0 spiro atoms. The zero-order chi connectivity index (χ0) is 29.3. The quantitative estimate of drug-likeness (QED) is 0.413. The predicted octanol–water partition coefficient (Wildman–Crippen LogP) is 2.67. The van der Waals surface area contributed by atoms with E-state index in [9.17, 15) is 26.4 Å². The average Bonchev–Trinajstić information content (AvgIpc) is 3.72. The molecule has 3 unspecified atom stereocenters. The fourth-order valence-corrected chi connectivity index (χ4v) is 8.82. The topological polar surface area (TPSA) is 145 Å². The minimum Gasteiger partial charge on any atom is -0.480 e. The van der Waals surface area contributed by atoms with Gasteiger partial charge < -0.3 is 15.8 Å². The Kier molecular flexibility index (Phi) is 6.60. The second-order valence-corrected chi connectivity index (χ2v) is 13.0. The SMILES string of the molecule is COc1ncc(-c2cc(C(F)(F)F)c3c(N)ncnn23)cc1C(=O)N[C@@H]1CN(S(=O)(=O)C2CC3CCC2C3)C[C@@H]1F. The van der Waals surface area contributed by atoms with Gasteiger partial charge in [0, 0.05) is 24.8 Å². The third-order valence-corrected chi connectivity index (χ3v) is 10.8. The summed E-state index contributed by atoms with van der Waals surface area (Å²) in [5.74, 6) is -0.901. The number of sulfonamides is 1. The number of nitrogens with one attached hydrogen (secondary N) is 1. The van der Waals surface area contributed by atoms with E-state index in [1.807, 2.05) is 0 Å². The number of halogens is 4. The van der Waals surface area contributed by atoms with Crippen LogP contribution >= 0.6 is 0 Å². The van der Waals surface area contributed by atoms with Crippen molar-refractivity contribution in [1.29, 1.82) is 0 Å². The van der Waals surface area contributed by atoms with Gasteiger partial charge >= 0.3 is 6.18 Å². The maximum Gasteiger partial charge on any atom is 0.418 e. The van der Waals surface area contributed by atoms with Gasteiger partial charge in [-0.05, 0) is 43.2 Å². The maximum atomic E-state index is 15.1. The Labute approximate surface area is 232 Å². The van der Waals surface area contributed by atoms with E-state index in [1.54, 1.807) is 0 Å². The van der Waals surface area contributed by atoms with Crippen molar-refractivity contribution >= 4 is 27.3 Å². The molecule has 6 rings (SSSR count). The Morgan fingerprint density at radius 3 is 2.61 bits per heavy atom. The number of carbonyl (C=O) groups is 1. The van der Waals surface area contributed by atoms with Crippen molar-refractivity contribution in [2.24, 2.45) is 11.8 Å². The summed E-state index contributed by atoms with van der Waals surface area (Å²) < 4.78 is 90.2. The van der Waals surface area contributed by atoms with Crippen LogP contribution in [0.3, 0.4) is 0 Å². The predicted molar refractivity (Wildman–Crippen MR) is 138 cm³/mol. The molecule has 3 aliphatic rings. The number of alkyl halides is 4. The summed E-state index contributed by atoms with van der Waals surface area (Å²) in [5, 5.41) is 5.90. The molecule has 16 heteroatoms. The number of hydrogen-bond acceptors (Lipinski definition) is 8. The molecule has 1 amide bonds. The Hall–Kier alpha value is -3.53. The zero-order valence-electron chi connectivity index (χ0n) is 21.8. The summed E-state index contributed by atoms with van der Waals surface area (Å²) >= 11 is 0. The normalized spacial score (nSPS) is 26.6. The van der Waals surface area contributed by atoms with E-state index in [0.717, 1.165) is 40.5 Å². The first-order chi connectivity index (χ1) is 19.4. The first-order valence-electron chi connectivity index (χ1n) is 13.1. The van der Waals surface area contributed by atoms with E-state index >= 15 is 4.39 Å². The molecule has 3 aromatic heterocycles. The average molecular weight is 598 g/mol. The Morgan fingerprint density at radius 2 is 1.95 bits per heavy atom. The number of methoxy groups -OCH3 is 1. The second kappa shape index (κ2) is 9.79. The highest BCUT2D eigenvalue weighted by Gasteiger charge is 2.51. The van der Waals surface area contributed by atoms with E-state index in [1.165, 1.54) is 19.4 Å². The Morgan fingerprint density at radius 1 is 1.17 bits per heavy atom. The van der Waals surface area contributed by atoms with E-state index in [4.69, 9.17) is 10.5 Å². The maximum absolute atomic E-state index is 15.1. The largest absolute Gasteiger partial charge is 0.480 e. The molecule has 0 radical (unpaired) electrons. The molecule has 1 aliphatic heterocycles. The molecule has 3 N–H and O–H groups in total. The molecule has 2 bridgehead atoms. The number of nitrogens with two attached hydrogens (primary N) is 1. The van der Waals surface area contributed by atoms with Crippen molar-refractivity contribution in [2.45, 2.75) is 49.3 Å². The Balaban J connectivity index is 1.27. The summed E-state index contributed by atoms with van der Waals surface area (Å²) in [4.78, 5) is 21.0. The van der Waals surface area contributed by atoms with Crippen LogP contribution in [-0.2, 0) is 16.2 Å². The molecule has 41 heavy (non-hydrogen) atoms. The highest BCUT2D eigenvalue weighted by molar-refractivity contribution is 7.89. The molecular formula is C25H27F4N7O4S. The van der Waals surface area contributed by atoms with Crippen molar-refractivity contribution in [3.63, 3.8) is 0 Å². The van der Waals surface area contributed by atoms with Gasteiger partial charge in [0.2, 0.25) is 15.9 Å². The lowest BCUT2D eigenvalue weighted by Gasteiger charge is -2.27. The third-order valence-electron chi connectivity index (χ3n) is 8.42. The van der Waals surface area contributed by atoms with Crippen molar-refractivity contribution in [1.82, 2.24) is 29.2 Å². The smallest absolute Gasteiger partial charge is 0.418 e. The summed E-state index contributed by atoms with van der Waals surface area (Å²) in [6.07, 6.45) is -0.906. The number of nitrogens with zero attached hydrogens (tertiary/aromatic N) is 5. The van der Waals surface area contributed by atoms with E-state index in [0.29, 0.717) is 12.3 Å². The van der Waals surface area contributed by atoms with Crippen LogP contribution in [0.4, 0.5) is 23.4 Å². The number of carbonyl (C=O) groups excluding carboxylic acids is 1. The summed E-state index contributed by atoms with van der Waals surface area (Å²) in [6, 6.07) is 0.925. The van der Waals surface area contributed by atoms with Crippen molar-refractivity contribution in [3.8, 4) is 17.1 Å². The number of fused-ring (bicyclic) bond motifs is 3. The number of nitrogen functional groups attached to an aromatic ring is 1. The first-order valence-corrected chi connectivity index (χ1v) is 14.6. The molecule has 3 aromatic rings. The van der Waals surface area contributed by atoms with Gasteiger partial charge in [-0.1, -0.05) is 6.42 Å². The third kappa shape index (κ3) is 4.66. The fourth-order valence-electron chi connectivity index (χ4n) is 6.47. The van der Waals surface area contributed by atoms with Gasteiger partial charge in [0.15, 0.2) is 5.82 Å². The van der Waals surface area contributed by atoms with Crippen LogP contribution in [0.2, 0.25) is 0 Å². The van der Waals surface area contributed by atoms with E-state index in [-0.39, 0.29) is 41.7 Å². The van der Waals surface area contributed by atoms with Gasteiger partial charge in [-0.3, -0.25) is 4.79 Å². The number of aromatic nitrogens is 4. The lowest BCUT2D eigenvalue weighted by Crippen LogP contribution is -2.43. The van der Waals surface area contributed by atoms with Gasteiger partial charge in [-0.15, -0.1) is 0 Å². The van der Waals surface area contributed by atoms with Gasteiger partial charge in [0.1, 0.15) is 23.6 Å². The highest BCUT2D eigenvalue weighted by Crippen LogP contribution is 2.48. The molecule has 3 fully saturated rings. The summed E-state index contributed by atoms with van der Waals surface area (Å²) in [6.45, 7) is -0.596. The number of rotatable bonds is 6. The van der Waals surface area contributed by atoms with E-state index in [2.05, 4.69) is 20.4 Å². The van der Waals surface area contributed by atoms with Crippen molar-refractivity contribution < 1.29 is 35.5 Å². The molecule has 2 aliphatic carbocycles. The monoisotopic (exact) mass is 597 g/mol. The minimum absolute atomic E-state index is 0.0713. The van der Waals surface area contributed by atoms with Crippen molar-refractivity contribution in [3.05, 3.63) is 35.8 Å².